The van der Waals surface area contributed by atoms with Crippen molar-refractivity contribution in [1.82, 2.24) is 5.32 Å². The van der Waals surface area contributed by atoms with Crippen LogP contribution in [0.2, 0.25) is 0 Å². The molecule has 0 spiro atoms. The number of fused-ring (bicyclic) bond motifs is 3. The summed E-state index contributed by atoms with van der Waals surface area (Å²) < 4.78 is 65.9. The van der Waals surface area contributed by atoms with Crippen molar-refractivity contribution in [1.29, 1.82) is 0 Å². The Hall–Kier alpha value is -3.22. The highest BCUT2D eigenvalue weighted by Gasteiger charge is 2.29. The Morgan fingerprint density at radius 2 is 0.794 bits per heavy atom. The zero-order valence-corrected chi connectivity index (χ0v) is 38.0. The minimum absolute atomic E-state index is 0.0460. The molecule has 0 saturated carbocycles. The summed E-state index contributed by atoms with van der Waals surface area (Å²) in [7, 11) is 0. The van der Waals surface area contributed by atoms with E-state index in [1.54, 1.807) is 0 Å². The lowest BCUT2D eigenvalue weighted by Gasteiger charge is -2.14. The first-order chi connectivity index (χ1) is 31.2. The SMILES string of the molecule is CCCCCCCCCC(=O)OCCOCCOCCOCCOCCOCCOCCOCCOCCOCCOCCCNC(=O)OCC1c2ccccc2-c2ccccc21. The molecule has 0 saturated heterocycles. The predicted molar refractivity (Wildman–Crippen MR) is 239 cm³/mol. The molecular weight excluding hydrogens is 815 g/mol. The van der Waals surface area contributed by atoms with Gasteiger partial charge in [0.1, 0.15) is 13.2 Å². The fourth-order valence-corrected chi connectivity index (χ4v) is 6.61. The number of rotatable bonds is 44. The highest BCUT2D eigenvalue weighted by molar-refractivity contribution is 5.79. The van der Waals surface area contributed by atoms with Crippen molar-refractivity contribution in [2.24, 2.45) is 0 Å². The fraction of sp³-hybridized carbons (Fsp3) is 0.708. The second-order valence-corrected chi connectivity index (χ2v) is 14.8. The molecule has 15 nitrogen and oxygen atoms in total. The van der Waals surface area contributed by atoms with Crippen LogP contribution in [-0.2, 0) is 61.6 Å². The van der Waals surface area contributed by atoms with Crippen LogP contribution in [0.4, 0.5) is 4.79 Å². The molecule has 358 valence electrons. The van der Waals surface area contributed by atoms with Crippen LogP contribution in [0.25, 0.3) is 11.1 Å². The number of esters is 1. The van der Waals surface area contributed by atoms with Crippen LogP contribution >= 0.6 is 0 Å². The van der Waals surface area contributed by atoms with E-state index < -0.39 is 6.09 Å². The molecule has 1 N–H and O–H groups in total. The average molecular weight is 892 g/mol. The minimum atomic E-state index is -0.417. The van der Waals surface area contributed by atoms with Crippen molar-refractivity contribution in [2.45, 2.75) is 70.6 Å². The molecule has 0 radical (unpaired) electrons. The second kappa shape index (κ2) is 39.2. The van der Waals surface area contributed by atoms with E-state index in [2.05, 4.69) is 36.5 Å². The number of carbonyl (C=O) groups excluding carboxylic acids is 2. The number of benzene rings is 2. The molecule has 2 aromatic rings. The number of ether oxygens (including phenoxy) is 12. The standard InChI is InChI=1S/C48H77NO14/c1-2-3-4-5-6-7-8-18-47(50)62-40-39-61-38-37-60-36-35-59-34-33-58-32-31-57-30-29-56-28-27-55-26-25-54-24-23-53-22-21-52-20-13-19-49-48(51)63-41-46-44-16-11-9-14-42(44)43-15-10-12-17-45(43)46/h9-12,14-17,46H,2-8,13,18-41H2,1H3,(H,49,51). The Morgan fingerprint density at radius 1 is 0.429 bits per heavy atom. The van der Waals surface area contributed by atoms with E-state index in [0.717, 1.165) is 12.8 Å². The number of carbonyl (C=O) groups is 2. The van der Waals surface area contributed by atoms with Crippen molar-refractivity contribution in [3.8, 4) is 11.1 Å². The predicted octanol–water partition coefficient (Wildman–Crippen LogP) is 6.77. The molecular formula is C48H77NO14. The number of amides is 1. The van der Waals surface area contributed by atoms with Gasteiger partial charge in [-0.05, 0) is 35.1 Å². The Balaban J connectivity index is 0.918. The lowest BCUT2D eigenvalue weighted by Crippen LogP contribution is -2.27. The summed E-state index contributed by atoms with van der Waals surface area (Å²) in [5, 5.41) is 2.81. The topological polar surface area (TPSA) is 157 Å². The first-order valence-corrected chi connectivity index (χ1v) is 23.2. The van der Waals surface area contributed by atoms with Gasteiger partial charge in [-0.25, -0.2) is 4.79 Å². The van der Waals surface area contributed by atoms with E-state index in [1.165, 1.54) is 54.4 Å². The molecule has 0 heterocycles. The first kappa shape index (κ1) is 54.1. The van der Waals surface area contributed by atoms with E-state index in [0.29, 0.717) is 158 Å². The maximum Gasteiger partial charge on any atom is 0.407 e. The van der Waals surface area contributed by atoms with Gasteiger partial charge in [0.25, 0.3) is 0 Å². The molecule has 1 amide bonds. The van der Waals surface area contributed by atoms with Crippen molar-refractivity contribution in [2.75, 3.05) is 152 Å². The number of hydrogen-bond acceptors (Lipinski definition) is 14. The zero-order chi connectivity index (χ0) is 44.5. The van der Waals surface area contributed by atoms with E-state index in [1.807, 2.05) is 24.3 Å². The molecule has 0 atom stereocenters. The number of nitrogens with one attached hydrogen (secondary N) is 1. The normalized spacial score (nSPS) is 12.1. The summed E-state index contributed by atoms with van der Waals surface area (Å²) in [6.07, 6.45) is 9.02. The molecule has 15 heteroatoms. The maximum atomic E-state index is 12.3. The molecule has 1 aliphatic carbocycles. The second-order valence-electron chi connectivity index (χ2n) is 14.8. The quantitative estimate of drug-likeness (QED) is 0.0550. The van der Waals surface area contributed by atoms with E-state index in [-0.39, 0.29) is 18.5 Å². The van der Waals surface area contributed by atoms with Gasteiger partial charge in [0.15, 0.2) is 0 Å². The van der Waals surface area contributed by atoms with Crippen LogP contribution in [0.5, 0.6) is 0 Å². The number of hydrogen-bond donors (Lipinski definition) is 1. The molecule has 3 rings (SSSR count). The van der Waals surface area contributed by atoms with Crippen LogP contribution in [0.1, 0.15) is 81.8 Å². The molecule has 1 aliphatic rings. The Morgan fingerprint density at radius 3 is 1.22 bits per heavy atom. The van der Waals surface area contributed by atoms with Crippen LogP contribution < -0.4 is 5.32 Å². The summed E-state index contributed by atoms with van der Waals surface area (Å²) in [6, 6.07) is 16.6. The average Bonchev–Trinajstić information content (AvgIpc) is 3.62. The molecule has 2 aromatic carbocycles. The van der Waals surface area contributed by atoms with E-state index in [4.69, 9.17) is 56.8 Å². The van der Waals surface area contributed by atoms with Gasteiger partial charge in [-0.3, -0.25) is 4.79 Å². The first-order valence-electron chi connectivity index (χ1n) is 23.2. The van der Waals surface area contributed by atoms with Crippen molar-refractivity contribution in [3.05, 3.63) is 59.7 Å². The van der Waals surface area contributed by atoms with E-state index >= 15 is 0 Å². The molecule has 0 fully saturated rings. The van der Waals surface area contributed by atoms with Gasteiger partial charge in [-0.2, -0.15) is 0 Å². The summed E-state index contributed by atoms with van der Waals surface area (Å²) in [6.45, 7) is 12.8. The van der Waals surface area contributed by atoms with Gasteiger partial charge in [-0.1, -0.05) is 94.0 Å². The highest BCUT2D eigenvalue weighted by atomic mass is 16.6. The summed E-state index contributed by atoms with van der Waals surface area (Å²) in [5.41, 5.74) is 4.80. The zero-order valence-electron chi connectivity index (χ0n) is 38.0. The fourth-order valence-electron chi connectivity index (χ4n) is 6.61. The Labute approximate surface area is 376 Å². The monoisotopic (exact) mass is 892 g/mol. The van der Waals surface area contributed by atoms with Crippen molar-refractivity contribution < 1.29 is 66.4 Å². The molecule has 0 bridgehead atoms. The molecule has 63 heavy (non-hydrogen) atoms. The highest BCUT2D eigenvalue weighted by Crippen LogP contribution is 2.44. The lowest BCUT2D eigenvalue weighted by molar-refractivity contribution is -0.145. The van der Waals surface area contributed by atoms with Crippen LogP contribution in [-0.4, -0.2) is 164 Å². The largest absolute Gasteiger partial charge is 0.463 e. The van der Waals surface area contributed by atoms with Crippen molar-refractivity contribution >= 4 is 12.1 Å². The van der Waals surface area contributed by atoms with Gasteiger partial charge in [0.2, 0.25) is 0 Å². The van der Waals surface area contributed by atoms with Gasteiger partial charge in [0.05, 0.1) is 126 Å². The van der Waals surface area contributed by atoms with E-state index in [9.17, 15) is 9.59 Å². The summed E-state index contributed by atoms with van der Waals surface area (Å²) in [4.78, 5) is 24.0. The van der Waals surface area contributed by atoms with Crippen LogP contribution in [0.3, 0.4) is 0 Å². The summed E-state index contributed by atoms with van der Waals surface area (Å²) >= 11 is 0. The Bertz CT molecular complexity index is 1350. The molecule has 0 aromatic heterocycles. The molecule has 0 unspecified atom stereocenters. The maximum absolute atomic E-state index is 12.3. The third-order valence-corrected chi connectivity index (χ3v) is 9.90. The van der Waals surface area contributed by atoms with Gasteiger partial charge in [0, 0.05) is 25.5 Å². The molecule has 0 aliphatic heterocycles. The van der Waals surface area contributed by atoms with Crippen molar-refractivity contribution in [3.63, 3.8) is 0 Å². The number of alkyl carbamates (subject to hydrolysis) is 1. The lowest BCUT2D eigenvalue weighted by atomic mass is 9.98. The minimum Gasteiger partial charge on any atom is -0.463 e. The van der Waals surface area contributed by atoms with Crippen LogP contribution in [0, 0.1) is 0 Å². The van der Waals surface area contributed by atoms with Gasteiger partial charge >= 0.3 is 12.1 Å². The van der Waals surface area contributed by atoms with Gasteiger partial charge in [-0.15, -0.1) is 0 Å². The number of unbranched alkanes of at least 4 members (excludes halogenated alkanes) is 6. The van der Waals surface area contributed by atoms with Crippen LogP contribution in [0.15, 0.2) is 48.5 Å². The van der Waals surface area contributed by atoms with Gasteiger partial charge < -0.3 is 62.2 Å². The Kier molecular flexibility index (Phi) is 33.6. The smallest absolute Gasteiger partial charge is 0.407 e. The third kappa shape index (κ3) is 27.7. The third-order valence-electron chi connectivity index (χ3n) is 9.90. The summed E-state index contributed by atoms with van der Waals surface area (Å²) in [5.74, 6) is -0.0989.